The summed E-state index contributed by atoms with van der Waals surface area (Å²) in [6.07, 6.45) is 4.43. The van der Waals surface area contributed by atoms with Crippen LogP contribution in [0.4, 0.5) is 0 Å². The van der Waals surface area contributed by atoms with E-state index in [1.54, 1.807) is 12.1 Å². The van der Waals surface area contributed by atoms with Gasteiger partial charge in [0.15, 0.2) is 6.29 Å². The minimum Gasteiger partial charge on any atom is -0.298 e. The van der Waals surface area contributed by atoms with Crippen molar-refractivity contribution in [2.24, 2.45) is 0 Å². The van der Waals surface area contributed by atoms with Gasteiger partial charge in [0.2, 0.25) is 0 Å². The third kappa shape index (κ3) is 2.61. The maximum absolute atomic E-state index is 10.6. The second-order valence-electron chi connectivity index (χ2n) is 2.47. The lowest BCUT2D eigenvalue weighted by molar-refractivity contribution is 0.112. The number of hydrogen-bond acceptors (Lipinski definition) is 1. The van der Waals surface area contributed by atoms with E-state index in [0.29, 0.717) is 5.56 Å². The molecule has 0 aliphatic carbocycles. The van der Waals surface area contributed by atoms with Crippen molar-refractivity contribution in [1.82, 2.24) is 0 Å². The van der Waals surface area contributed by atoms with Crippen molar-refractivity contribution in [3.63, 3.8) is 0 Å². The van der Waals surface area contributed by atoms with Gasteiger partial charge in [-0.25, -0.2) is 0 Å². The first kappa shape index (κ1) is 9.28. The van der Waals surface area contributed by atoms with Crippen molar-refractivity contribution in [2.45, 2.75) is 6.92 Å². The average Bonchev–Trinajstić information content (AvgIpc) is 2.19. The molecule has 0 amide bonds. The van der Waals surface area contributed by atoms with Gasteiger partial charge in [-0.15, -0.1) is 0 Å². The van der Waals surface area contributed by atoms with E-state index in [1.807, 2.05) is 31.2 Å². The molecule has 0 bridgehead atoms. The molecule has 0 fully saturated rings. The summed E-state index contributed by atoms with van der Waals surface area (Å²) in [6.45, 7) is 1.90. The summed E-state index contributed by atoms with van der Waals surface area (Å²) >= 11 is 0. The second kappa shape index (κ2) is 4.95. The highest BCUT2D eigenvalue weighted by molar-refractivity contribution is 5.79. The Balaban J connectivity index is 3.02. The van der Waals surface area contributed by atoms with E-state index in [1.165, 1.54) is 0 Å². The SMILES string of the molecule is C/C=C\C#Cc1ccccc1C=O. The Morgan fingerprint density at radius 1 is 1.31 bits per heavy atom. The van der Waals surface area contributed by atoms with Gasteiger partial charge in [0.1, 0.15) is 0 Å². The predicted molar refractivity (Wildman–Crippen MR) is 53.5 cm³/mol. The Hall–Kier alpha value is -1.81. The molecule has 0 N–H and O–H groups in total. The van der Waals surface area contributed by atoms with E-state index in [9.17, 15) is 4.79 Å². The van der Waals surface area contributed by atoms with Crippen LogP contribution >= 0.6 is 0 Å². The molecule has 0 unspecified atom stereocenters. The fourth-order valence-corrected chi connectivity index (χ4v) is 0.916. The highest BCUT2D eigenvalue weighted by Gasteiger charge is 1.94. The summed E-state index contributed by atoms with van der Waals surface area (Å²) in [4.78, 5) is 10.6. The largest absolute Gasteiger partial charge is 0.298 e. The van der Waals surface area contributed by atoms with Crippen molar-refractivity contribution in [1.29, 1.82) is 0 Å². The molecule has 0 saturated heterocycles. The van der Waals surface area contributed by atoms with Gasteiger partial charge < -0.3 is 0 Å². The van der Waals surface area contributed by atoms with E-state index < -0.39 is 0 Å². The van der Waals surface area contributed by atoms with Crippen LogP contribution in [-0.2, 0) is 0 Å². The van der Waals surface area contributed by atoms with Crippen LogP contribution in [-0.4, -0.2) is 6.29 Å². The van der Waals surface area contributed by atoms with Gasteiger partial charge in [0.25, 0.3) is 0 Å². The summed E-state index contributed by atoms with van der Waals surface area (Å²) < 4.78 is 0. The van der Waals surface area contributed by atoms with Gasteiger partial charge in [-0.05, 0) is 19.1 Å². The zero-order valence-electron chi connectivity index (χ0n) is 7.45. The molecule has 0 aromatic heterocycles. The molecule has 13 heavy (non-hydrogen) atoms. The van der Waals surface area contributed by atoms with Gasteiger partial charge in [-0.1, -0.05) is 36.1 Å². The molecular formula is C12H10O. The monoisotopic (exact) mass is 170 g/mol. The molecule has 0 saturated carbocycles. The topological polar surface area (TPSA) is 17.1 Å². The Kier molecular flexibility index (Phi) is 3.53. The standard InChI is InChI=1S/C12H10O/c1-2-3-4-7-11-8-5-6-9-12(11)10-13/h2-3,5-6,8-10H,1H3/b3-2-. The number of benzene rings is 1. The van der Waals surface area contributed by atoms with Crippen LogP contribution in [0, 0.1) is 11.8 Å². The van der Waals surface area contributed by atoms with E-state index in [2.05, 4.69) is 11.8 Å². The molecule has 1 aromatic rings. The third-order valence-electron chi connectivity index (χ3n) is 1.54. The summed E-state index contributed by atoms with van der Waals surface area (Å²) in [7, 11) is 0. The summed E-state index contributed by atoms with van der Waals surface area (Å²) in [5, 5.41) is 0. The highest BCUT2D eigenvalue weighted by Crippen LogP contribution is 2.03. The highest BCUT2D eigenvalue weighted by atomic mass is 16.1. The number of carbonyl (C=O) groups excluding carboxylic acids is 1. The summed E-state index contributed by atoms with van der Waals surface area (Å²) in [5.74, 6) is 5.73. The van der Waals surface area contributed by atoms with E-state index in [-0.39, 0.29) is 0 Å². The van der Waals surface area contributed by atoms with Crippen LogP contribution in [0.2, 0.25) is 0 Å². The maximum atomic E-state index is 10.6. The Bertz CT molecular complexity index is 378. The first-order valence-electron chi connectivity index (χ1n) is 4.05. The number of hydrogen-bond donors (Lipinski definition) is 0. The van der Waals surface area contributed by atoms with Crippen LogP contribution in [0.25, 0.3) is 0 Å². The molecule has 0 aliphatic heterocycles. The molecule has 1 heteroatoms. The van der Waals surface area contributed by atoms with Gasteiger partial charge in [-0.2, -0.15) is 0 Å². The Morgan fingerprint density at radius 2 is 2.08 bits per heavy atom. The fraction of sp³-hybridized carbons (Fsp3) is 0.0833. The second-order valence-corrected chi connectivity index (χ2v) is 2.47. The van der Waals surface area contributed by atoms with Crippen molar-refractivity contribution < 1.29 is 4.79 Å². The number of allylic oxidation sites excluding steroid dienone is 2. The van der Waals surface area contributed by atoms with Crippen LogP contribution in [0.5, 0.6) is 0 Å². The first-order valence-corrected chi connectivity index (χ1v) is 4.05. The third-order valence-corrected chi connectivity index (χ3v) is 1.54. The first-order chi connectivity index (χ1) is 6.38. The molecule has 1 aromatic carbocycles. The lowest BCUT2D eigenvalue weighted by Crippen LogP contribution is -1.84. The lowest BCUT2D eigenvalue weighted by Gasteiger charge is -1.92. The smallest absolute Gasteiger partial charge is 0.151 e. The molecule has 0 atom stereocenters. The van der Waals surface area contributed by atoms with E-state index in [4.69, 9.17) is 0 Å². The molecule has 64 valence electrons. The number of aldehydes is 1. The lowest BCUT2D eigenvalue weighted by atomic mass is 10.1. The summed E-state index contributed by atoms with van der Waals surface area (Å²) in [5.41, 5.74) is 1.41. The normalized spacial score (nSPS) is 9.31. The molecule has 1 rings (SSSR count). The van der Waals surface area contributed by atoms with Crippen molar-refractivity contribution in [3.05, 3.63) is 47.5 Å². The molecule has 0 radical (unpaired) electrons. The minimum atomic E-state index is 0.638. The molecule has 0 spiro atoms. The van der Waals surface area contributed by atoms with Crippen molar-refractivity contribution in [2.75, 3.05) is 0 Å². The van der Waals surface area contributed by atoms with Crippen molar-refractivity contribution in [3.8, 4) is 11.8 Å². The average molecular weight is 170 g/mol. The van der Waals surface area contributed by atoms with Gasteiger partial charge in [0.05, 0.1) is 0 Å². The maximum Gasteiger partial charge on any atom is 0.151 e. The quantitative estimate of drug-likeness (QED) is 0.467. The van der Waals surface area contributed by atoms with Crippen molar-refractivity contribution >= 4 is 6.29 Å². The zero-order valence-corrected chi connectivity index (χ0v) is 7.45. The van der Waals surface area contributed by atoms with E-state index >= 15 is 0 Å². The van der Waals surface area contributed by atoms with Gasteiger partial charge >= 0.3 is 0 Å². The Labute approximate surface area is 78.1 Å². The molecule has 0 aliphatic rings. The Morgan fingerprint density at radius 3 is 2.77 bits per heavy atom. The number of carbonyl (C=O) groups is 1. The van der Waals surface area contributed by atoms with E-state index in [0.717, 1.165) is 11.8 Å². The fourth-order valence-electron chi connectivity index (χ4n) is 0.916. The summed E-state index contributed by atoms with van der Waals surface area (Å²) in [6, 6.07) is 7.28. The van der Waals surface area contributed by atoms with Crippen LogP contribution < -0.4 is 0 Å². The van der Waals surface area contributed by atoms with Gasteiger partial charge in [0, 0.05) is 11.1 Å². The van der Waals surface area contributed by atoms with Crippen LogP contribution in [0.3, 0.4) is 0 Å². The molecule has 0 heterocycles. The van der Waals surface area contributed by atoms with Crippen LogP contribution in [0.15, 0.2) is 36.4 Å². The van der Waals surface area contributed by atoms with Crippen LogP contribution in [0.1, 0.15) is 22.8 Å². The van der Waals surface area contributed by atoms with Gasteiger partial charge in [-0.3, -0.25) is 4.79 Å². The minimum absolute atomic E-state index is 0.638. The predicted octanol–water partition coefficient (Wildman–Crippen LogP) is 2.43. The molecule has 1 nitrogen and oxygen atoms in total. The number of rotatable bonds is 1. The zero-order chi connectivity index (χ0) is 9.52. The molecular weight excluding hydrogens is 160 g/mol.